The summed E-state index contributed by atoms with van der Waals surface area (Å²) in [7, 11) is -0.582. The summed E-state index contributed by atoms with van der Waals surface area (Å²) in [4.78, 5) is 29.6. The molecule has 0 aliphatic heterocycles. The molecular weight excluding hydrogens is 578 g/mol. The lowest BCUT2D eigenvalue weighted by Gasteiger charge is -2.33. The van der Waals surface area contributed by atoms with E-state index in [4.69, 9.17) is 9.47 Å². The molecule has 10 heteroatoms. The molecule has 1 N–H and O–H groups in total. The van der Waals surface area contributed by atoms with Crippen molar-refractivity contribution in [3.63, 3.8) is 0 Å². The Morgan fingerprint density at radius 2 is 1.59 bits per heavy atom. The highest BCUT2D eigenvalue weighted by molar-refractivity contribution is 7.92. The molecule has 1 saturated carbocycles. The molecule has 0 radical (unpaired) electrons. The number of amides is 2. The summed E-state index contributed by atoms with van der Waals surface area (Å²) >= 11 is 0. The summed E-state index contributed by atoms with van der Waals surface area (Å²) in [5, 5.41) is 3.21. The molecule has 1 fully saturated rings. The molecule has 0 bridgehead atoms. The number of carbonyl (C=O) groups is 2. The smallest absolute Gasteiger partial charge is 0.243 e. The van der Waals surface area contributed by atoms with E-state index >= 15 is 0 Å². The Hall–Kier alpha value is -4.05. The average molecular weight is 622 g/mol. The molecule has 1 atom stereocenters. The second kappa shape index (κ2) is 15.6. The van der Waals surface area contributed by atoms with Crippen LogP contribution in [0.5, 0.6) is 11.5 Å². The van der Waals surface area contributed by atoms with Gasteiger partial charge >= 0.3 is 0 Å². The van der Waals surface area contributed by atoms with E-state index in [1.165, 1.54) is 11.4 Å². The molecule has 44 heavy (non-hydrogen) atoms. The quantitative estimate of drug-likeness (QED) is 0.258. The lowest BCUT2D eigenvalue weighted by Crippen LogP contribution is -2.52. The van der Waals surface area contributed by atoms with Crippen molar-refractivity contribution in [3.8, 4) is 11.5 Å². The van der Waals surface area contributed by atoms with Crippen molar-refractivity contribution in [3.05, 3.63) is 90.0 Å². The van der Waals surface area contributed by atoms with E-state index in [1.807, 2.05) is 54.6 Å². The third-order valence-corrected chi connectivity index (χ3v) is 9.15. The summed E-state index contributed by atoms with van der Waals surface area (Å²) in [5.74, 6) is 0.675. The lowest BCUT2D eigenvalue weighted by molar-refractivity contribution is -0.141. The lowest BCUT2D eigenvalue weighted by atomic mass is 10.0. The van der Waals surface area contributed by atoms with Crippen molar-refractivity contribution in [2.75, 3.05) is 31.3 Å². The van der Waals surface area contributed by atoms with Gasteiger partial charge in [0.1, 0.15) is 17.5 Å². The molecule has 3 aromatic rings. The predicted molar refractivity (Wildman–Crippen MR) is 172 cm³/mol. The van der Waals surface area contributed by atoms with E-state index in [2.05, 4.69) is 5.32 Å². The van der Waals surface area contributed by atoms with E-state index in [1.54, 1.807) is 36.3 Å². The number of carbonyl (C=O) groups excluding carboxylic acids is 2. The molecule has 9 nitrogen and oxygen atoms in total. The Kier molecular flexibility index (Phi) is 11.7. The molecule has 0 unspecified atom stereocenters. The maximum absolute atomic E-state index is 14.1. The van der Waals surface area contributed by atoms with E-state index in [9.17, 15) is 18.0 Å². The number of benzene rings is 3. The zero-order valence-electron chi connectivity index (χ0n) is 25.8. The van der Waals surface area contributed by atoms with Gasteiger partial charge in [-0.05, 0) is 54.7 Å². The molecule has 4 rings (SSSR count). The number of hydrogen-bond acceptors (Lipinski definition) is 6. The van der Waals surface area contributed by atoms with Crippen molar-refractivity contribution in [2.24, 2.45) is 0 Å². The number of ether oxygens (including phenoxy) is 2. The fraction of sp³-hybridized carbons (Fsp3) is 0.412. The first kappa shape index (κ1) is 32.9. The van der Waals surface area contributed by atoms with Gasteiger partial charge in [0.05, 0.1) is 26.2 Å². The minimum atomic E-state index is -3.66. The van der Waals surface area contributed by atoms with Gasteiger partial charge in [-0.1, -0.05) is 67.4 Å². The highest BCUT2D eigenvalue weighted by atomic mass is 32.2. The molecule has 0 aromatic heterocycles. The minimum absolute atomic E-state index is 0.0487. The summed E-state index contributed by atoms with van der Waals surface area (Å²) in [6.07, 6.45) is 5.79. The van der Waals surface area contributed by atoms with Crippen LogP contribution in [-0.4, -0.2) is 64.2 Å². The van der Waals surface area contributed by atoms with Crippen molar-refractivity contribution in [2.45, 2.75) is 63.6 Å². The van der Waals surface area contributed by atoms with Crippen LogP contribution in [0.4, 0.5) is 5.69 Å². The van der Waals surface area contributed by atoms with Crippen LogP contribution in [-0.2, 0) is 32.6 Å². The van der Waals surface area contributed by atoms with Crippen molar-refractivity contribution >= 4 is 27.5 Å². The standard InChI is InChI=1S/C34H43N3O6S/c1-42-29-18-11-15-27(23-29)25-36(31(24-26-13-5-4-6-14-26)34(39)35-28-16-7-8-17-28)33(38)21-12-22-37(44(3,40)41)30-19-9-10-20-32(30)43-2/h4-6,9-11,13-15,18-20,23,28,31H,7-8,12,16-17,21-22,24-25H2,1-3H3,(H,35,39)/t31-/m1/s1. The fourth-order valence-corrected chi connectivity index (χ4v) is 6.68. The average Bonchev–Trinajstić information content (AvgIpc) is 3.54. The number of nitrogens with zero attached hydrogens (tertiary/aromatic N) is 2. The number of methoxy groups -OCH3 is 2. The molecule has 236 valence electrons. The first-order valence-electron chi connectivity index (χ1n) is 15.1. The van der Waals surface area contributed by atoms with E-state index in [-0.39, 0.29) is 43.8 Å². The summed E-state index contributed by atoms with van der Waals surface area (Å²) in [6, 6.07) is 23.4. The zero-order valence-corrected chi connectivity index (χ0v) is 26.6. The maximum Gasteiger partial charge on any atom is 0.243 e. The van der Waals surface area contributed by atoms with E-state index in [0.717, 1.165) is 43.1 Å². The van der Waals surface area contributed by atoms with Crippen molar-refractivity contribution in [1.29, 1.82) is 0 Å². The van der Waals surface area contributed by atoms with Gasteiger partial charge in [0.2, 0.25) is 21.8 Å². The highest BCUT2D eigenvalue weighted by Crippen LogP contribution is 2.30. The normalized spacial score (nSPS) is 14.1. The minimum Gasteiger partial charge on any atom is -0.497 e. The van der Waals surface area contributed by atoms with Gasteiger partial charge < -0.3 is 19.7 Å². The molecule has 1 aliphatic rings. The number of rotatable bonds is 15. The molecule has 0 saturated heterocycles. The largest absolute Gasteiger partial charge is 0.497 e. The summed E-state index contributed by atoms with van der Waals surface area (Å²) < 4.78 is 37.7. The molecule has 1 aliphatic carbocycles. The Balaban J connectivity index is 1.61. The molecule has 0 heterocycles. The van der Waals surface area contributed by atoms with Crippen LogP contribution in [0.1, 0.15) is 49.7 Å². The van der Waals surface area contributed by atoms with Crippen molar-refractivity contribution < 1.29 is 27.5 Å². The van der Waals surface area contributed by atoms with Gasteiger partial charge in [-0.15, -0.1) is 0 Å². The van der Waals surface area contributed by atoms with Crippen LogP contribution < -0.4 is 19.1 Å². The Morgan fingerprint density at radius 3 is 2.27 bits per heavy atom. The third kappa shape index (κ3) is 8.98. The predicted octanol–water partition coefficient (Wildman–Crippen LogP) is 4.95. The van der Waals surface area contributed by atoms with Crippen LogP contribution >= 0.6 is 0 Å². The number of sulfonamides is 1. The Labute approximate surface area is 261 Å². The number of hydrogen-bond donors (Lipinski definition) is 1. The van der Waals surface area contributed by atoms with E-state index < -0.39 is 16.1 Å². The number of nitrogens with one attached hydrogen (secondary N) is 1. The second-order valence-corrected chi connectivity index (χ2v) is 13.1. The number of anilines is 1. The Bertz CT molecular complexity index is 1490. The first-order valence-corrected chi connectivity index (χ1v) is 16.9. The van der Waals surface area contributed by atoms with Gasteiger partial charge in [0.25, 0.3) is 0 Å². The van der Waals surface area contributed by atoms with E-state index in [0.29, 0.717) is 23.6 Å². The van der Waals surface area contributed by atoms with Gasteiger partial charge in [0.15, 0.2) is 0 Å². The topological polar surface area (TPSA) is 105 Å². The van der Waals surface area contributed by atoms with Crippen molar-refractivity contribution in [1.82, 2.24) is 10.2 Å². The molecule has 3 aromatic carbocycles. The molecule has 0 spiro atoms. The molecule has 2 amide bonds. The van der Waals surface area contributed by atoms with Crippen LogP contribution in [0.15, 0.2) is 78.9 Å². The summed E-state index contributed by atoms with van der Waals surface area (Å²) in [5.41, 5.74) is 2.19. The van der Waals surface area contributed by atoms with Crippen LogP contribution in [0.25, 0.3) is 0 Å². The van der Waals surface area contributed by atoms with Gasteiger partial charge in [-0.25, -0.2) is 8.42 Å². The Morgan fingerprint density at radius 1 is 0.909 bits per heavy atom. The van der Waals surface area contributed by atoms with Crippen LogP contribution in [0.3, 0.4) is 0 Å². The fourth-order valence-electron chi connectivity index (χ4n) is 5.71. The van der Waals surface area contributed by atoms with Gasteiger partial charge in [0, 0.05) is 32.0 Å². The molecular formula is C34H43N3O6S. The van der Waals surface area contributed by atoms with Crippen LogP contribution in [0.2, 0.25) is 0 Å². The number of para-hydroxylation sites is 2. The van der Waals surface area contributed by atoms with Gasteiger partial charge in [-0.3, -0.25) is 13.9 Å². The third-order valence-electron chi connectivity index (χ3n) is 7.97. The first-order chi connectivity index (χ1) is 21.2. The SMILES string of the molecule is COc1cccc(CN(C(=O)CCCN(c2ccccc2OC)S(C)(=O)=O)[C@H](Cc2ccccc2)C(=O)NC2CCCC2)c1. The zero-order chi connectivity index (χ0) is 31.5. The summed E-state index contributed by atoms with van der Waals surface area (Å²) in [6.45, 7) is 0.281. The van der Waals surface area contributed by atoms with Gasteiger partial charge in [-0.2, -0.15) is 0 Å². The highest BCUT2D eigenvalue weighted by Gasteiger charge is 2.32. The maximum atomic E-state index is 14.1. The second-order valence-electron chi connectivity index (χ2n) is 11.2. The van der Waals surface area contributed by atoms with Crippen LogP contribution in [0, 0.1) is 0 Å². The monoisotopic (exact) mass is 621 g/mol.